The normalized spacial score (nSPS) is 13.3. The van der Waals surface area contributed by atoms with Crippen LogP contribution in [0.4, 0.5) is 4.79 Å². The summed E-state index contributed by atoms with van der Waals surface area (Å²) < 4.78 is 0. The summed E-state index contributed by atoms with van der Waals surface area (Å²) in [7, 11) is 0. The van der Waals surface area contributed by atoms with E-state index < -0.39 is 30.0 Å². The van der Waals surface area contributed by atoms with Gasteiger partial charge in [0, 0.05) is 0 Å². The lowest BCUT2D eigenvalue weighted by atomic mass is 10.2. The van der Waals surface area contributed by atoms with Crippen molar-refractivity contribution in [1.29, 1.82) is 0 Å². The zero-order chi connectivity index (χ0) is 12.7. The Hall–Kier alpha value is -2.05. The van der Waals surface area contributed by atoms with Gasteiger partial charge in [-0.15, -0.1) is 6.58 Å². The maximum Gasteiger partial charge on any atom is 0.326 e. The number of hydrogen-bond acceptors (Lipinski definition) is 3. The molecule has 0 aromatic rings. The van der Waals surface area contributed by atoms with Crippen molar-refractivity contribution >= 4 is 17.9 Å². The highest BCUT2D eigenvalue weighted by atomic mass is 16.4. The summed E-state index contributed by atoms with van der Waals surface area (Å²) >= 11 is 0. The number of amides is 3. The van der Waals surface area contributed by atoms with Gasteiger partial charge in [0.25, 0.3) is 0 Å². The first-order chi connectivity index (χ1) is 7.38. The third kappa shape index (κ3) is 4.99. The number of urea groups is 1. The average Bonchev–Trinajstić information content (AvgIpc) is 2.15. The highest BCUT2D eigenvalue weighted by Gasteiger charge is 2.22. The van der Waals surface area contributed by atoms with Gasteiger partial charge in [0.1, 0.15) is 12.1 Å². The summed E-state index contributed by atoms with van der Waals surface area (Å²) in [6.45, 7) is 4.77. The van der Waals surface area contributed by atoms with Crippen LogP contribution in [0.5, 0.6) is 0 Å². The molecule has 0 aliphatic heterocycles. The molecule has 16 heavy (non-hydrogen) atoms. The fourth-order valence-corrected chi connectivity index (χ4v) is 0.964. The zero-order valence-electron chi connectivity index (χ0n) is 8.90. The van der Waals surface area contributed by atoms with Crippen LogP contribution in [0.2, 0.25) is 0 Å². The van der Waals surface area contributed by atoms with E-state index in [0.717, 1.165) is 0 Å². The Balaban J connectivity index is 4.33. The van der Waals surface area contributed by atoms with E-state index in [1.165, 1.54) is 13.0 Å². The number of carboxylic acids is 1. The fourth-order valence-electron chi connectivity index (χ4n) is 0.964. The van der Waals surface area contributed by atoms with Crippen molar-refractivity contribution in [3.05, 3.63) is 12.7 Å². The Morgan fingerprint density at radius 2 is 2.00 bits per heavy atom. The summed E-state index contributed by atoms with van der Waals surface area (Å²) in [6.07, 6.45) is 1.48. The lowest BCUT2D eigenvalue weighted by Gasteiger charge is -2.16. The van der Waals surface area contributed by atoms with E-state index in [1.807, 2.05) is 0 Å². The van der Waals surface area contributed by atoms with Gasteiger partial charge in [-0.25, -0.2) is 9.59 Å². The predicted octanol–water partition coefficient (Wildman–Crippen LogP) is -0.811. The lowest BCUT2D eigenvalue weighted by molar-refractivity contribution is -0.141. The maximum absolute atomic E-state index is 11.4. The van der Waals surface area contributed by atoms with E-state index in [9.17, 15) is 14.4 Å². The SMILES string of the molecule is C=CCC(NC(=O)C(C)NC(N)=O)C(=O)O. The van der Waals surface area contributed by atoms with Gasteiger partial charge in [0.05, 0.1) is 0 Å². The molecule has 5 N–H and O–H groups in total. The lowest BCUT2D eigenvalue weighted by Crippen LogP contribution is -2.51. The molecule has 0 aromatic heterocycles. The largest absolute Gasteiger partial charge is 0.480 e. The van der Waals surface area contributed by atoms with E-state index in [-0.39, 0.29) is 6.42 Å². The molecule has 0 spiro atoms. The summed E-state index contributed by atoms with van der Waals surface area (Å²) in [5.74, 6) is -1.78. The fraction of sp³-hybridized carbons (Fsp3) is 0.444. The van der Waals surface area contributed by atoms with Crippen LogP contribution in [-0.4, -0.2) is 35.1 Å². The standard InChI is InChI=1S/C9H15N3O4/c1-3-4-6(8(14)15)12-7(13)5(2)11-9(10)16/h3,5-6H,1,4H2,2H3,(H,12,13)(H,14,15)(H3,10,11,16). The van der Waals surface area contributed by atoms with E-state index >= 15 is 0 Å². The number of hydrogen-bond donors (Lipinski definition) is 4. The highest BCUT2D eigenvalue weighted by Crippen LogP contribution is 1.94. The predicted molar refractivity (Wildman–Crippen MR) is 56.6 cm³/mol. The maximum atomic E-state index is 11.4. The topological polar surface area (TPSA) is 122 Å². The van der Waals surface area contributed by atoms with Gasteiger partial charge in [-0.1, -0.05) is 6.08 Å². The molecule has 2 atom stereocenters. The minimum atomic E-state index is -1.17. The first-order valence-electron chi connectivity index (χ1n) is 4.58. The molecule has 7 heteroatoms. The number of primary amides is 1. The van der Waals surface area contributed by atoms with Gasteiger partial charge in [-0.05, 0) is 13.3 Å². The smallest absolute Gasteiger partial charge is 0.326 e. The molecule has 0 aromatic carbocycles. The number of carbonyl (C=O) groups is 3. The Labute approximate surface area is 92.7 Å². The van der Waals surface area contributed by atoms with Crippen molar-refractivity contribution in [2.45, 2.75) is 25.4 Å². The van der Waals surface area contributed by atoms with Crippen LogP contribution in [0.15, 0.2) is 12.7 Å². The molecule has 0 bridgehead atoms. The molecule has 2 unspecified atom stereocenters. The van der Waals surface area contributed by atoms with Crippen LogP contribution in [0, 0.1) is 0 Å². The molecular weight excluding hydrogens is 214 g/mol. The van der Waals surface area contributed by atoms with E-state index in [0.29, 0.717) is 0 Å². The molecule has 0 aliphatic carbocycles. The highest BCUT2D eigenvalue weighted by molar-refractivity contribution is 5.89. The minimum absolute atomic E-state index is 0.102. The third-order valence-electron chi connectivity index (χ3n) is 1.77. The number of rotatable bonds is 6. The zero-order valence-corrected chi connectivity index (χ0v) is 8.90. The molecule has 0 fully saturated rings. The monoisotopic (exact) mass is 229 g/mol. The summed E-state index contributed by atoms with van der Waals surface area (Å²) in [4.78, 5) is 32.5. The first-order valence-corrected chi connectivity index (χ1v) is 4.58. The summed E-state index contributed by atoms with van der Waals surface area (Å²) in [6, 6.07) is -2.79. The molecule has 90 valence electrons. The second-order valence-corrected chi connectivity index (χ2v) is 3.15. The molecule has 7 nitrogen and oxygen atoms in total. The Bertz CT molecular complexity index is 303. The molecule has 0 saturated carbocycles. The van der Waals surface area contributed by atoms with Crippen LogP contribution in [0.3, 0.4) is 0 Å². The molecule has 0 heterocycles. The van der Waals surface area contributed by atoms with Gasteiger partial charge < -0.3 is 21.5 Å². The van der Waals surface area contributed by atoms with E-state index in [4.69, 9.17) is 10.8 Å². The van der Waals surface area contributed by atoms with Crippen molar-refractivity contribution in [3.63, 3.8) is 0 Å². The minimum Gasteiger partial charge on any atom is -0.480 e. The van der Waals surface area contributed by atoms with Crippen molar-refractivity contribution < 1.29 is 19.5 Å². The van der Waals surface area contributed by atoms with Crippen LogP contribution in [0.1, 0.15) is 13.3 Å². The first kappa shape index (κ1) is 13.9. The van der Waals surface area contributed by atoms with Gasteiger partial charge in [-0.3, -0.25) is 4.79 Å². The second-order valence-electron chi connectivity index (χ2n) is 3.15. The Kier molecular flexibility index (Phi) is 5.61. The van der Waals surface area contributed by atoms with E-state index in [2.05, 4.69) is 17.2 Å². The number of carbonyl (C=O) groups excluding carboxylic acids is 2. The molecule has 0 saturated heterocycles. The number of nitrogens with two attached hydrogens (primary N) is 1. The Morgan fingerprint density at radius 3 is 2.38 bits per heavy atom. The van der Waals surface area contributed by atoms with Gasteiger partial charge >= 0.3 is 12.0 Å². The van der Waals surface area contributed by atoms with Crippen LogP contribution >= 0.6 is 0 Å². The van der Waals surface area contributed by atoms with Crippen LogP contribution in [0.25, 0.3) is 0 Å². The molecule has 0 radical (unpaired) electrons. The summed E-state index contributed by atoms with van der Waals surface area (Å²) in [5.41, 5.74) is 4.82. The summed E-state index contributed by atoms with van der Waals surface area (Å²) in [5, 5.41) is 13.1. The Morgan fingerprint density at radius 1 is 1.44 bits per heavy atom. The van der Waals surface area contributed by atoms with Gasteiger partial charge in [0.2, 0.25) is 5.91 Å². The van der Waals surface area contributed by atoms with E-state index in [1.54, 1.807) is 0 Å². The molecule has 0 aliphatic rings. The van der Waals surface area contributed by atoms with Crippen molar-refractivity contribution in [2.75, 3.05) is 0 Å². The van der Waals surface area contributed by atoms with Gasteiger partial charge in [0.15, 0.2) is 0 Å². The number of carboxylic acid groups (broad SMARTS) is 1. The average molecular weight is 229 g/mol. The van der Waals surface area contributed by atoms with Crippen LogP contribution < -0.4 is 16.4 Å². The number of aliphatic carboxylic acids is 1. The van der Waals surface area contributed by atoms with Crippen molar-refractivity contribution in [1.82, 2.24) is 10.6 Å². The molecule has 3 amide bonds. The van der Waals surface area contributed by atoms with Crippen molar-refractivity contribution in [2.24, 2.45) is 5.73 Å². The van der Waals surface area contributed by atoms with Gasteiger partial charge in [-0.2, -0.15) is 0 Å². The van der Waals surface area contributed by atoms with Crippen LogP contribution in [-0.2, 0) is 9.59 Å². The van der Waals surface area contributed by atoms with Crippen molar-refractivity contribution in [3.8, 4) is 0 Å². The number of nitrogens with one attached hydrogen (secondary N) is 2. The molecule has 0 rings (SSSR count). The quantitative estimate of drug-likeness (QED) is 0.445. The molecular formula is C9H15N3O4. The third-order valence-corrected chi connectivity index (χ3v) is 1.77. The second kappa shape index (κ2) is 6.44.